The Kier molecular flexibility index (Phi) is 4.75. The standard InChI is InChI=1S/C9H15ClN2O2S2/c1-6(16(2,13)14)8(12-11)5-7-3-4-9(10)15-7/h3-4,6,8,12H,5,11H2,1-2H3. The molecule has 2 unspecified atom stereocenters. The predicted molar refractivity (Wildman–Crippen MR) is 68.4 cm³/mol. The molecule has 3 N–H and O–H groups in total. The topological polar surface area (TPSA) is 72.2 Å². The summed E-state index contributed by atoms with van der Waals surface area (Å²) in [5.41, 5.74) is 2.55. The summed E-state index contributed by atoms with van der Waals surface area (Å²) in [5.74, 6) is 5.38. The normalized spacial score (nSPS) is 16.0. The molecule has 1 rings (SSSR count). The van der Waals surface area contributed by atoms with Crippen molar-refractivity contribution in [3.8, 4) is 0 Å². The molecule has 0 aliphatic heterocycles. The molecule has 92 valence electrons. The maximum Gasteiger partial charge on any atom is 0.151 e. The highest BCUT2D eigenvalue weighted by atomic mass is 35.5. The molecule has 0 radical (unpaired) electrons. The van der Waals surface area contributed by atoms with E-state index in [1.54, 1.807) is 13.0 Å². The fraction of sp³-hybridized carbons (Fsp3) is 0.556. The van der Waals surface area contributed by atoms with E-state index in [4.69, 9.17) is 17.4 Å². The zero-order chi connectivity index (χ0) is 12.3. The van der Waals surface area contributed by atoms with E-state index in [2.05, 4.69) is 5.43 Å². The summed E-state index contributed by atoms with van der Waals surface area (Å²) >= 11 is 7.24. The summed E-state index contributed by atoms with van der Waals surface area (Å²) in [7, 11) is -3.10. The maximum atomic E-state index is 11.4. The SMILES string of the molecule is CC(C(Cc1ccc(Cl)s1)NN)S(C)(=O)=O. The second-order valence-electron chi connectivity index (χ2n) is 3.72. The van der Waals surface area contributed by atoms with Gasteiger partial charge in [0.15, 0.2) is 9.84 Å². The van der Waals surface area contributed by atoms with Gasteiger partial charge in [-0.2, -0.15) is 0 Å². The van der Waals surface area contributed by atoms with E-state index in [1.165, 1.54) is 17.6 Å². The van der Waals surface area contributed by atoms with Crippen molar-refractivity contribution in [3.63, 3.8) is 0 Å². The van der Waals surface area contributed by atoms with Gasteiger partial charge in [0.25, 0.3) is 0 Å². The molecule has 0 aliphatic carbocycles. The summed E-state index contributed by atoms with van der Waals surface area (Å²) in [5, 5.41) is -0.529. The minimum absolute atomic E-state index is 0.301. The minimum Gasteiger partial charge on any atom is -0.271 e. The average molecular weight is 283 g/mol. The Labute approximate surface area is 105 Å². The molecule has 0 aliphatic rings. The van der Waals surface area contributed by atoms with E-state index < -0.39 is 15.1 Å². The molecule has 0 saturated heterocycles. The van der Waals surface area contributed by atoms with Crippen molar-refractivity contribution in [1.82, 2.24) is 5.43 Å². The smallest absolute Gasteiger partial charge is 0.151 e. The van der Waals surface area contributed by atoms with Gasteiger partial charge in [-0.05, 0) is 25.5 Å². The van der Waals surface area contributed by atoms with Crippen LogP contribution in [0.15, 0.2) is 12.1 Å². The molecule has 0 spiro atoms. The van der Waals surface area contributed by atoms with Gasteiger partial charge in [-0.1, -0.05) is 11.6 Å². The minimum atomic E-state index is -3.10. The van der Waals surface area contributed by atoms with E-state index >= 15 is 0 Å². The van der Waals surface area contributed by atoms with Crippen molar-refractivity contribution in [2.75, 3.05) is 6.26 Å². The van der Waals surface area contributed by atoms with Crippen LogP contribution in [0.5, 0.6) is 0 Å². The van der Waals surface area contributed by atoms with Crippen LogP contribution in [0, 0.1) is 0 Å². The predicted octanol–water partition coefficient (Wildman–Crippen LogP) is 1.21. The summed E-state index contributed by atoms with van der Waals surface area (Å²) in [4.78, 5) is 1.02. The summed E-state index contributed by atoms with van der Waals surface area (Å²) in [6, 6.07) is 3.37. The first-order chi connectivity index (χ1) is 7.34. The lowest BCUT2D eigenvalue weighted by molar-refractivity contribution is 0.496. The number of nitrogens with one attached hydrogen (secondary N) is 1. The number of thiophene rings is 1. The van der Waals surface area contributed by atoms with Crippen molar-refractivity contribution in [1.29, 1.82) is 0 Å². The highest BCUT2D eigenvalue weighted by Gasteiger charge is 2.25. The Balaban J connectivity index is 2.77. The number of nitrogens with two attached hydrogens (primary N) is 1. The highest BCUT2D eigenvalue weighted by Crippen LogP contribution is 2.23. The van der Waals surface area contributed by atoms with Gasteiger partial charge in [-0.25, -0.2) is 8.42 Å². The zero-order valence-corrected chi connectivity index (χ0v) is 11.5. The van der Waals surface area contributed by atoms with Gasteiger partial charge in [0.05, 0.1) is 9.59 Å². The first-order valence-corrected chi connectivity index (χ1v) is 7.88. The molecule has 16 heavy (non-hydrogen) atoms. The van der Waals surface area contributed by atoms with E-state index in [9.17, 15) is 8.42 Å². The molecule has 0 fully saturated rings. The van der Waals surface area contributed by atoms with Gasteiger partial charge in [-0.15, -0.1) is 11.3 Å². The van der Waals surface area contributed by atoms with Crippen LogP contribution < -0.4 is 11.3 Å². The third-order valence-corrected chi connectivity index (χ3v) is 5.44. The van der Waals surface area contributed by atoms with Crippen LogP contribution in [-0.4, -0.2) is 26.0 Å². The molecule has 7 heteroatoms. The summed E-state index contributed by atoms with van der Waals surface area (Å²) in [6.07, 6.45) is 1.77. The highest BCUT2D eigenvalue weighted by molar-refractivity contribution is 7.91. The number of hydrogen-bond donors (Lipinski definition) is 2. The van der Waals surface area contributed by atoms with Gasteiger partial charge in [0.2, 0.25) is 0 Å². The molecular formula is C9H15ClN2O2S2. The van der Waals surface area contributed by atoms with Crippen LogP contribution in [0.4, 0.5) is 0 Å². The zero-order valence-electron chi connectivity index (χ0n) is 9.10. The average Bonchev–Trinajstić information content (AvgIpc) is 2.58. The Bertz CT molecular complexity index is 444. The second kappa shape index (κ2) is 5.46. The molecule has 1 heterocycles. The fourth-order valence-corrected chi connectivity index (χ4v) is 3.25. The van der Waals surface area contributed by atoms with E-state index in [0.29, 0.717) is 10.8 Å². The summed E-state index contributed by atoms with van der Waals surface area (Å²) in [6.45, 7) is 1.65. The van der Waals surface area contributed by atoms with E-state index in [0.717, 1.165) is 4.88 Å². The van der Waals surface area contributed by atoms with Crippen LogP contribution in [-0.2, 0) is 16.3 Å². The lowest BCUT2D eigenvalue weighted by atomic mass is 10.1. The Morgan fingerprint density at radius 1 is 1.56 bits per heavy atom. The molecule has 0 saturated carbocycles. The molecule has 0 bridgehead atoms. The van der Waals surface area contributed by atoms with Gasteiger partial charge >= 0.3 is 0 Å². The van der Waals surface area contributed by atoms with E-state index in [-0.39, 0.29) is 6.04 Å². The number of sulfone groups is 1. The van der Waals surface area contributed by atoms with Crippen LogP contribution in [0.25, 0.3) is 0 Å². The third-order valence-electron chi connectivity index (χ3n) is 2.51. The lowest BCUT2D eigenvalue weighted by Crippen LogP contribution is -2.47. The first kappa shape index (κ1) is 13.9. The number of halogens is 1. The molecular weight excluding hydrogens is 268 g/mol. The van der Waals surface area contributed by atoms with Crippen molar-refractivity contribution in [3.05, 3.63) is 21.3 Å². The fourth-order valence-electron chi connectivity index (χ4n) is 1.34. The molecule has 1 aromatic rings. The van der Waals surface area contributed by atoms with Crippen LogP contribution >= 0.6 is 22.9 Å². The van der Waals surface area contributed by atoms with Crippen molar-refractivity contribution < 1.29 is 8.42 Å². The third kappa shape index (κ3) is 3.71. The molecule has 1 aromatic heterocycles. The number of hydrogen-bond acceptors (Lipinski definition) is 5. The first-order valence-electron chi connectivity index (χ1n) is 4.74. The number of hydrazine groups is 1. The molecule has 0 amide bonds. The molecule has 4 nitrogen and oxygen atoms in total. The molecule has 0 aromatic carbocycles. The Morgan fingerprint density at radius 2 is 2.19 bits per heavy atom. The maximum absolute atomic E-state index is 11.4. The number of rotatable bonds is 5. The lowest BCUT2D eigenvalue weighted by Gasteiger charge is -2.21. The van der Waals surface area contributed by atoms with Crippen LogP contribution in [0.2, 0.25) is 4.34 Å². The van der Waals surface area contributed by atoms with Crippen molar-refractivity contribution in [2.45, 2.75) is 24.6 Å². The van der Waals surface area contributed by atoms with Crippen LogP contribution in [0.1, 0.15) is 11.8 Å². The Hall–Kier alpha value is -0.140. The van der Waals surface area contributed by atoms with Gasteiger partial charge < -0.3 is 0 Å². The second-order valence-corrected chi connectivity index (χ2v) is 7.92. The van der Waals surface area contributed by atoms with E-state index in [1.807, 2.05) is 6.07 Å². The molecule has 2 atom stereocenters. The Morgan fingerprint density at radius 3 is 2.56 bits per heavy atom. The van der Waals surface area contributed by atoms with Crippen molar-refractivity contribution in [2.24, 2.45) is 5.84 Å². The van der Waals surface area contributed by atoms with Gasteiger partial charge in [0, 0.05) is 17.2 Å². The van der Waals surface area contributed by atoms with Gasteiger partial charge in [0.1, 0.15) is 0 Å². The monoisotopic (exact) mass is 282 g/mol. The summed E-state index contributed by atoms with van der Waals surface area (Å²) < 4.78 is 23.5. The van der Waals surface area contributed by atoms with Crippen molar-refractivity contribution >= 4 is 32.8 Å². The largest absolute Gasteiger partial charge is 0.271 e. The van der Waals surface area contributed by atoms with Gasteiger partial charge in [-0.3, -0.25) is 11.3 Å². The quantitative estimate of drug-likeness (QED) is 0.629. The van der Waals surface area contributed by atoms with Crippen LogP contribution in [0.3, 0.4) is 0 Å².